The van der Waals surface area contributed by atoms with Crippen LogP contribution in [-0.2, 0) is 14.3 Å². The van der Waals surface area contributed by atoms with Crippen molar-refractivity contribution < 1.29 is 24.2 Å². The molecule has 0 aromatic carbocycles. The van der Waals surface area contributed by atoms with Crippen LogP contribution in [0.3, 0.4) is 0 Å². The third-order valence-electron chi connectivity index (χ3n) is 4.22. The van der Waals surface area contributed by atoms with Crippen molar-refractivity contribution in [2.45, 2.75) is 64.5 Å². The van der Waals surface area contributed by atoms with Gasteiger partial charge in [-0.3, -0.25) is 9.59 Å². The highest BCUT2D eigenvalue weighted by atomic mass is 16.6. The Morgan fingerprint density at radius 2 is 1.90 bits per heavy atom. The van der Waals surface area contributed by atoms with Gasteiger partial charge in [0.05, 0.1) is 6.04 Å². The molecule has 1 atom stereocenters. The van der Waals surface area contributed by atoms with Crippen molar-refractivity contribution in [2.75, 3.05) is 6.54 Å². The van der Waals surface area contributed by atoms with Gasteiger partial charge >= 0.3 is 12.1 Å². The number of carbonyl (C=O) groups excluding carboxylic acids is 2. The van der Waals surface area contributed by atoms with E-state index in [0.717, 1.165) is 12.8 Å². The van der Waals surface area contributed by atoms with Gasteiger partial charge in [0.15, 0.2) is 0 Å². The maximum absolute atomic E-state index is 12.3. The summed E-state index contributed by atoms with van der Waals surface area (Å²) >= 11 is 0. The van der Waals surface area contributed by atoms with Gasteiger partial charge in [0.2, 0.25) is 0 Å². The fraction of sp³-hybridized carbons (Fsp3) is 0.800. The molecule has 1 unspecified atom stereocenters. The number of Topliss-reactive ketones (excluding diaryl/α,β-unsaturated/α-hetero) is 1. The first-order chi connectivity index (χ1) is 9.66. The summed E-state index contributed by atoms with van der Waals surface area (Å²) in [6.45, 7) is 5.83. The predicted molar refractivity (Wildman–Crippen MR) is 74.9 cm³/mol. The maximum atomic E-state index is 12.3. The van der Waals surface area contributed by atoms with Crippen molar-refractivity contribution in [3.63, 3.8) is 0 Å². The molecule has 0 radical (unpaired) electrons. The maximum Gasteiger partial charge on any atom is 0.410 e. The molecule has 6 heteroatoms. The fourth-order valence-electron chi connectivity index (χ4n) is 3.23. The minimum Gasteiger partial charge on any atom is -0.481 e. The summed E-state index contributed by atoms with van der Waals surface area (Å²) in [6.07, 6.45) is 1.87. The van der Waals surface area contributed by atoms with Gasteiger partial charge in [-0.15, -0.1) is 0 Å². The number of ketones is 1. The van der Waals surface area contributed by atoms with E-state index in [1.165, 1.54) is 4.90 Å². The Bertz CT molecular complexity index is 457. The van der Waals surface area contributed by atoms with Gasteiger partial charge in [-0.2, -0.15) is 0 Å². The van der Waals surface area contributed by atoms with E-state index < -0.39 is 29.1 Å². The summed E-state index contributed by atoms with van der Waals surface area (Å²) in [7, 11) is 0. The molecule has 1 aliphatic heterocycles. The number of nitrogens with zero attached hydrogens (tertiary/aromatic N) is 1. The van der Waals surface area contributed by atoms with Gasteiger partial charge in [-0.25, -0.2) is 4.79 Å². The number of carbonyl (C=O) groups is 3. The van der Waals surface area contributed by atoms with Crippen LogP contribution in [0.15, 0.2) is 0 Å². The van der Waals surface area contributed by atoms with Crippen LogP contribution in [-0.4, -0.2) is 46.0 Å². The highest BCUT2D eigenvalue weighted by Crippen LogP contribution is 2.47. The Balaban J connectivity index is 2.21. The molecule has 1 heterocycles. The Hall–Kier alpha value is -1.59. The zero-order chi connectivity index (χ0) is 15.8. The highest BCUT2D eigenvalue weighted by molar-refractivity contribution is 5.98. The summed E-state index contributed by atoms with van der Waals surface area (Å²) in [6, 6.07) is -0.448. The van der Waals surface area contributed by atoms with E-state index in [-0.39, 0.29) is 18.6 Å². The van der Waals surface area contributed by atoms with Crippen molar-refractivity contribution in [2.24, 2.45) is 5.41 Å². The average molecular weight is 297 g/mol. The number of rotatable bonds is 2. The van der Waals surface area contributed by atoms with Crippen LogP contribution >= 0.6 is 0 Å². The molecule has 0 spiro atoms. The number of likely N-dealkylation sites (tertiary alicyclic amines) is 1. The van der Waals surface area contributed by atoms with E-state index in [1.54, 1.807) is 20.8 Å². The van der Waals surface area contributed by atoms with Crippen molar-refractivity contribution in [1.82, 2.24) is 4.90 Å². The molecule has 0 aromatic rings. The van der Waals surface area contributed by atoms with Crippen molar-refractivity contribution in [3.05, 3.63) is 0 Å². The quantitative estimate of drug-likeness (QED) is 0.844. The van der Waals surface area contributed by atoms with Crippen molar-refractivity contribution >= 4 is 17.8 Å². The Labute approximate surface area is 124 Å². The number of piperidine rings is 1. The van der Waals surface area contributed by atoms with Crippen LogP contribution in [0.5, 0.6) is 0 Å². The van der Waals surface area contributed by atoms with Crippen LogP contribution in [0.2, 0.25) is 0 Å². The molecule has 1 saturated carbocycles. The monoisotopic (exact) mass is 297 g/mol. The Morgan fingerprint density at radius 3 is 2.38 bits per heavy atom. The van der Waals surface area contributed by atoms with Crippen molar-refractivity contribution in [3.8, 4) is 0 Å². The smallest absolute Gasteiger partial charge is 0.410 e. The first-order valence-electron chi connectivity index (χ1n) is 7.40. The molecule has 1 N–H and O–H groups in total. The lowest BCUT2D eigenvalue weighted by atomic mass is 9.61. The zero-order valence-electron chi connectivity index (χ0n) is 12.8. The summed E-state index contributed by atoms with van der Waals surface area (Å²) < 4.78 is 5.39. The lowest BCUT2D eigenvalue weighted by molar-refractivity contribution is -0.168. The normalized spacial score (nSPS) is 25.2. The van der Waals surface area contributed by atoms with Gasteiger partial charge in [0.1, 0.15) is 16.8 Å². The lowest BCUT2D eigenvalue weighted by Crippen LogP contribution is -2.61. The van der Waals surface area contributed by atoms with Gasteiger partial charge in [0, 0.05) is 19.4 Å². The summed E-state index contributed by atoms with van der Waals surface area (Å²) in [4.78, 5) is 36.9. The van der Waals surface area contributed by atoms with Crippen LogP contribution in [0.25, 0.3) is 0 Å². The molecule has 0 bridgehead atoms. The minimum absolute atomic E-state index is 0.0201. The molecule has 118 valence electrons. The minimum atomic E-state index is -1.12. The number of carboxylic acid groups (broad SMARTS) is 1. The van der Waals surface area contributed by atoms with Gasteiger partial charge < -0.3 is 14.7 Å². The topological polar surface area (TPSA) is 83.9 Å². The van der Waals surface area contributed by atoms with Crippen LogP contribution in [0.4, 0.5) is 4.79 Å². The molecule has 0 aromatic heterocycles. The summed E-state index contributed by atoms with van der Waals surface area (Å²) in [5.41, 5.74) is -1.74. The van der Waals surface area contributed by atoms with Crippen LogP contribution in [0, 0.1) is 5.41 Å². The van der Waals surface area contributed by atoms with Gasteiger partial charge in [-0.05, 0) is 40.0 Å². The highest BCUT2D eigenvalue weighted by Gasteiger charge is 2.58. The van der Waals surface area contributed by atoms with E-state index in [2.05, 4.69) is 0 Å². The molecule has 6 nitrogen and oxygen atoms in total. The number of aliphatic carboxylic acids is 1. The number of amides is 1. The number of hydrogen-bond donors (Lipinski definition) is 1. The van der Waals surface area contributed by atoms with E-state index in [0.29, 0.717) is 13.0 Å². The SMILES string of the molecule is CC(C)(C)OC(=O)N1CCCCC1C1(C(=O)O)CC(=O)C1. The van der Waals surface area contributed by atoms with Crippen LogP contribution < -0.4 is 0 Å². The van der Waals surface area contributed by atoms with E-state index >= 15 is 0 Å². The first-order valence-corrected chi connectivity index (χ1v) is 7.40. The third-order valence-corrected chi connectivity index (χ3v) is 4.22. The van der Waals surface area contributed by atoms with Gasteiger partial charge in [0.25, 0.3) is 0 Å². The number of ether oxygens (including phenoxy) is 1. The molecular formula is C15H23NO5. The number of carboxylic acids is 1. The molecule has 2 aliphatic rings. The second kappa shape index (κ2) is 5.31. The molecule has 21 heavy (non-hydrogen) atoms. The molecular weight excluding hydrogens is 274 g/mol. The Morgan fingerprint density at radius 1 is 1.29 bits per heavy atom. The zero-order valence-corrected chi connectivity index (χ0v) is 12.8. The average Bonchev–Trinajstić information content (AvgIpc) is 2.32. The van der Waals surface area contributed by atoms with Crippen molar-refractivity contribution in [1.29, 1.82) is 0 Å². The molecule has 1 aliphatic carbocycles. The number of hydrogen-bond acceptors (Lipinski definition) is 4. The second-order valence-corrected chi connectivity index (χ2v) is 7.04. The second-order valence-electron chi connectivity index (χ2n) is 7.04. The third kappa shape index (κ3) is 3.04. The van der Waals surface area contributed by atoms with Crippen LogP contribution in [0.1, 0.15) is 52.9 Å². The van der Waals surface area contributed by atoms with E-state index in [1.807, 2.05) is 0 Å². The fourth-order valence-corrected chi connectivity index (χ4v) is 3.23. The molecule has 2 rings (SSSR count). The molecule has 1 amide bonds. The predicted octanol–water partition coefficient (Wildman–Crippen LogP) is 2.21. The lowest BCUT2D eigenvalue weighted by Gasteiger charge is -2.49. The van der Waals surface area contributed by atoms with E-state index in [4.69, 9.17) is 4.74 Å². The largest absolute Gasteiger partial charge is 0.481 e. The van der Waals surface area contributed by atoms with Gasteiger partial charge in [-0.1, -0.05) is 0 Å². The summed E-state index contributed by atoms with van der Waals surface area (Å²) in [5.74, 6) is -1.03. The molecule has 2 fully saturated rings. The first kappa shape index (κ1) is 15.8. The Kier molecular flexibility index (Phi) is 4.00. The molecule has 1 saturated heterocycles. The van der Waals surface area contributed by atoms with E-state index in [9.17, 15) is 19.5 Å². The standard InChI is InChI=1S/C15H23NO5/c1-14(2,3)21-13(20)16-7-5-4-6-11(16)15(12(18)19)8-10(17)9-15/h11H,4-9H2,1-3H3,(H,18,19). The summed E-state index contributed by atoms with van der Waals surface area (Å²) in [5, 5.41) is 9.55.